The number of likely N-dealkylation sites (N-methyl/N-ethyl adjacent to an activating group) is 1. The van der Waals surface area contributed by atoms with Gasteiger partial charge in [0, 0.05) is 24.7 Å². The van der Waals surface area contributed by atoms with E-state index in [0.29, 0.717) is 22.6 Å². The lowest BCUT2D eigenvalue weighted by Gasteiger charge is -2.25. The number of nitrogens with zero attached hydrogens (tertiary/aromatic N) is 2. The molecule has 0 saturated carbocycles. The van der Waals surface area contributed by atoms with Gasteiger partial charge in [0.25, 0.3) is 0 Å². The molecule has 1 fully saturated rings. The molecular formula is C21H26N2O3S. The van der Waals surface area contributed by atoms with Crippen LogP contribution in [0.15, 0.2) is 52.3 Å². The molecule has 0 bridgehead atoms. The van der Waals surface area contributed by atoms with Gasteiger partial charge in [-0.25, -0.2) is 8.42 Å². The minimum absolute atomic E-state index is 0.269. The third kappa shape index (κ3) is 3.11. The molecule has 0 N–H and O–H groups in total. The Bertz CT molecular complexity index is 958. The molecule has 0 unspecified atom stereocenters. The molecule has 2 aromatic rings. The molecule has 2 aliphatic rings. The predicted octanol–water partition coefficient (Wildman–Crippen LogP) is 3.16. The van der Waals surface area contributed by atoms with E-state index < -0.39 is 9.84 Å². The lowest BCUT2D eigenvalue weighted by atomic mass is 9.91. The standard InChI is InChI=1S/C21H26N2O3S/c1-22-11-9-18-19-14-17(7-8-20(19)23(2)21(18)10-12-22)27(24,25)16-6-4-5-15(13-16)26-3/h4-8,13-14,18,21H,9-12H2,1-3H3/t18-,21-/m1/s1. The summed E-state index contributed by atoms with van der Waals surface area (Å²) in [5.41, 5.74) is 2.33. The number of rotatable bonds is 3. The van der Waals surface area contributed by atoms with E-state index in [1.165, 1.54) is 11.3 Å². The van der Waals surface area contributed by atoms with Crippen LogP contribution in [0.4, 0.5) is 5.69 Å². The molecular weight excluding hydrogens is 360 g/mol. The van der Waals surface area contributed by atoms with Crippen molar-refractivity contribution in [3.63, 3.8) is 0 Å². The molecule has 2 aliphatic heterocycles. The minimum atomic E-state index is -3.58. The van der Waals surface area contributed by atoms with Gasteiger partial charge in [-0.05, 0) is 74.9 Å². The molecule has 2 aromatic carbocycles. The normalized spacial score (nSPS) is 22.9. The number of ether oxygens (including phenoxy) is 1. The fourth-order valence-corrected chi connectivity index (χ4v) is 5.78. The van der Waals surface area contributed by atoms with E-state index in [9.17, 15) is 8.42 Å². The SMILES string of the molecule is COc1cccc(S(=O)(=O)c2ccc3c(c2)[C@H]2CCN(C)CC[C@H]2N3C)c1. The van der Waals surface area contributed by atoms with E-state index in [1.54, 1.807) is 37.4 Å². The maximum atomic E-state index is 13.2. The molecule has 2 atom stereocenters. The van der Waals surface area contributed by atoms with Crippen LogP contribution in [0.2, 0.25) is 0 Å². The van der Waals surface area contributed by atoms with Crippen LogP contribution in [-0.2, 0) is 9.84 Å². The lowest BCUT2D eigenvalue weighted by molar-refractivity contribution is 0.345. The van der Waals surface area contributed by atoms with Crippen molar-refractivity contribution in [1.82, 2.24) is 4.90 Å². The van der Waals surface area contributed by atoms with Crippen LogP contribution in [0.25, 0.3) is 0 Å². The van der Waals surface area contributed by atoms with Gasteiger partial charge in [-0.2, -0.15) is 0 Å². The third-order valence-corrected chi connectivity index (χ3v) is 7.78. The molecule has 6 heteroatoms. The first-order valence-corrected chi connectivity index (χ1v) is 10.8. The summed E-state index contributed by atoms with van der Waals surface area (Å²) in [6.45, 7) is 2.12. The van der Waals surface area contributed by atoms with Gasteiger partial charge in [-0.1, -0.05) is 6.07 Å². The molecule has 144 valence electrons. The van der Waals surface area contributed by atoms with Gasteiger partial charge in [-0.3, -0.25) is 0 Å². The number of sulfone groups is 1. The fourth-order valence-electron chi connectivity index (χ4n) is 4.44. The van der Waals surface area contributed by atoms with Gasteiger partial charge in [-0.15, -0.1) is 0 Å². The molecule has 1 saturated heterocycles. The molecule has 0 amide bonds. The molecule has 4 rings (SSSR count). The maximum Gasteiger partial charge on any atom is 0.206 e. The van der Waals surface area contributed by atoms with Crippen LogP contribution in [-0.4, -0.2) is 53.7 Å². The first-order valence-electron chi connectivity index (χ1n) is 9.36. The van der Waals surface area contributed by atoms with Crippen molar-refractivity contribution in [2.45, 2.75) is 34.6 Å². The Labute approximate surface area is 161 Å². The van der Waals surface area contributed by atoms with Crippen molar-refractivity contribution in [3.05, 3.63) is 48.0 Å². The first-order chi connectivity index (χ1) is 12.9. The molecule has 27 heavy (non-hydrogen) atoms. The number of fused-ring (bicyclic) bond motifs is 3. The fraction of sp³-hybridized carbons (Fsp3) is 0.429. The number of hydrogen-bond donors (Lipinski definition) is 0. The van der Waals surface area contributed by atoms with Gasteiger partial charge in [0.1, 0.15) is 5.75 Å². The number of benzene rings is 2. The molecule has 0 spiro atoms. The number of hydrogen-bond acceptors (Lipinski definition) is 5. The Morgan fingerprint density at radius 2 is 1.74 bits per heavy atom. The summed E-state index contributed by atoms with van der Waals surface area (Å²) < 4.78 is 31.6. The van der Waals surface area contributed by atoms with Gasteiger partial charge >= 0.3 is 0 Å². The van der Waals surface area contributed by atoms with E-state index in [1.807, 2.05) is 12.1 Å². The highest BCUT2D eigenvalue weighted by atomic mass is 32.2. The predicted molar refractivity (Wildman–Crippen MR) is 107 cm³/mol. The summed E-state index contributed by atoms with van der Waals surface area (Å²) in [4.78, 5) is 5.33. The van der Waals surface area contributed by atoms with Gasteiger partial charge < -0.3 is 14.5 Å². The van der Waals surface area contributed by atoms with Crippen LogP contribution in [0.3, 0.4) is 0 Å². The smallest absolute Gasteiger partial charge is 0.206 e. The summed E-state index contributed by atoms with van der Waals surface area (Å²) in [7, 11) is 2.25. The topological polar surface area (TPSA) is 49.9 Å². The van der Waals surface area contributed by atoms with E-state index in [0.717, 1.165) is 25.9 Å². The summed E-state index contributed by atoms with van der Waals surface area (Å²) in [6.07, 6.45) is 2.16. The third-order valence-electron chi connectivity index (χ3n) is 6.03. The van der Waals surface area contributed by atoms with Crippen molar-refractivity contribution in [1.29, 1.82) is 0 Å². The number of likely N-dealkylation sites (tertiary alicyclic amines) is 1. The van der Waals surface area contributed by atoms with E-state index in [4.69, 9.17) is 4.74 Å². The number of anilines is 1. The summed E-state index contributed by atoms with van der Waals surface area (Å²) >= 11 is 0. The average Bonchev–Trinajstić information content (AvgIpc) is 2.81. The summed E-state index contributed by atoms with van der Waals surface area (Å²) in [6, 6.07) is 12.7. The maximum absolute atomic E-state index is 13.2. The highest BCUT2D eigenvalue weighted by Crippen LogP contribution is 2.45. The average molecular weight is 387 g/mol. The lowest BCUT2D eigenvalue weighted by Crippen LogP contribution is -2.31. The molecule has 0 aromatic heterocycles. The van der Waals surface area contributed by atoms with Crippen LogP contribution >= 0.6 is 0 Å². The second-order valence-corrected chi connectivity index (χ2v) is 9.52. The zero-order chi connectivity index (χ0) is 19.2. The molecule has 0 radical (unpaired) electrons. The first kappa shape index (κ1) is 18.3. The molecule has 5 nitrogen and oxygen atoms in total. The molecule has 0 aliphatic carbocycles. The molecule has 2 heterocycles. The Hall–Kier alpha value is -2.05. The van der Waals surface area contributed by atoms with Gasteiger partial charge in [0.05, 0.1) is 16.9 Å². The highest BCUT2D eigenvalue weighted by Gasteiger charge is 2.38. The number of methoxy groups -OCH3 is 1. The Kier molecular flexibility index (Phi) is 4.64. The van der Waals surface area contributed by atoms with Crippen molar-refractivity contribution >= 4 is 15.5 Å². The van der Waals surface area contributed by atoms with Crippen LogP contribution < -0.4 is 9.64 Å². The van der Waals surface area contributed by atoms with E-state index >= 15 is 0 Å². The van der Waals surface area contributed by atoms with Crippen LogP contribution in [0.5, 0.6) is 5.75 Å². The monoisotopic (exact) mass is 386 g/mol. The summed E-state index contributed by atoms with van der Waals surface area (Å²) in [5.74, 6) is 0.930. The van der Waals surface area contributed by atoms with Crippen molar-refractivity contribution in [2.75, 3.05) is 39.2 Å². The van der Waals surface area contributed by atoms with Crippen molar-refractivity contribution in [2.24, 2.45) is 0 Å². The zero-order valence-electron chi connectivity index (χ0n) is 16.1. The largest absolute Gasteiger partial charge is 0.497 e. The van der Waals surface area contributed by atoms with Crippen LogP contribution in [0, 0.1) is 0 Å². The summed E-state index contributed by atoms with van der Waals surface area (Å²) in [5, 5.41) is 0. The second-order valence-electron chi connectivity index (χ2n) is 7.57. The Balaban J connectivity index is 1.75. The zero-order valence-corrected chi connectivity index (χ0v) is 16.9. The van der Waals surface area contributed by atoms with Gasteiger partial charge in [0.2, 0.25) is 9.84 Å². The quantitative estimate of drug-likeness (QED) is 0.811. The second kappa shape index (κ2) is 6.84. The Morgan fingerprint density at radius 1 is 1.00 bits per heavy atom. The minimum Gasteiger partial charge on any atom is -0.497 e. The van der Waals surface area contributed by atoms with E-state index in [-0.39, 0.29) is 4.90 Å². The highest BCUT2D eigenvalue weighted by molar-refractivity contribution is 7.91. The van der Waals surface area contributed by atoms with Crippen LogP contribution in [0.1, 0.15) is 24.3 Å². The van der Waals surface area contributed by atoms with Crippen molar-refractivity contribution in [3.8, 4) is 5.75 Å². The Morgan fingerprint density at radius 3 is 2.52 bits per heavy atom. The van der Waals surface area contributed by atoms with Gasteiger partial charge in [0.15, 0.2) is 0 Å². The van der Waals surface area contributed by atoms with Crippen molar-refractivity contribution < 1.29 is 13.2 Å². The van der Waals surface area contributed by atoms with E-state index in [2.05, 4.69) is 23.9 Å².